The number of amides is 1. The number of hydrogen-bond acceptors (Lipinski definition) is 4. The largest absolute Gasteiger partial charge is 0.382 e. The van der Waals surface area contributed by atoms with Crippen molar-refractivity contribution < 1.29 is 4.79 Å². The van der Waals surface area contributed by atoms with Crippen LogP contribution in [0.3, 0.4) is 0 Å². The summed E-state index contributed by atoms with van der Waals surface area (Å²) in [4.78, 5) is 14.2. The van der Waals surface area contributed by atoms with Crippen LogP contribution in [0.2, 0.25) is 0 Å². The number of rotatable bonds is 7. The number of thioether (sulfide) groups is 1. The van der Waals surface area contributed by atoms with E-state index in [0.29, 0.717) is 30.8 Å². The van der Waals surface area contributed by atoms with Gasteiger partial charge in [-0.1, -0.05) is 27.2 Å². The molecule has 1 aromatic rings. The molecule has 4 nitrogen and oxygen atoms in total. The molecule has 140 valence electrons. The number of hydrogen-bond donors (Lipinski definition) is 3. The fourth-order valence-electron chi connectivity index (χ4n) is 3.84. The number of nitrogens with two attached hydrogens (primary N) is 1. The van der Waals surface area contributed by atoms with Crippen molar-refractivity contribution in [2.45, 2.75) is 44.9 Å². The highest BCUT2D eigenvalue weighted by molar-refractivity contribution is 7.98. The molecule has 25 heavy (non-hydrogen) atoms. The van der Waals surface area contributed by atoms with Crippen LogP contribution in [0.1, 0.15) is 40.0 Å². The van der Waals surface area contributed by atoms with Crippen LogP contribution in [-0.2, 0) is 4.79 Å². The molecule has 3 atom stereocenters. The summed E-state index contributed by atoms with van der Waals surface area (Å²) in [5, 5.41) is 6.53. The van der Waals surface area contributed by atoms with E-state index in [9.17, 15) is 4.79 Å². The minimum absolute atomic E-state index is 0.103. The molecule has 1 aromatic carbocycles. The van der Waals surface area contributed by atoms with Crippen LogP contribution in [0.5, 0.6) is 0 Å². The summed E-state index contributed by atoms with van der Waals surface area (Å²) in [6, 6.07) is 6.13. The second-order valence-corrected chi connectivity index (χ2v) is 8.43. The van der Waals surface area contributed by atoms with Gasteiger partial charge in [0.05, 0.1) is 11.4 Å². The highest BCUT2D eigenvalue weighted by Gasteiger charge is 2.35. The highest BCUT2D eigenvalue weighted by atomic mass is 32.2. The molecular formula is C20H33N3OS. The van der Waals surface area contributed by atoms with Crippen molar-refractivity contribution in [3.05, 3.63) is 18.2 Å². The van der Waals surface area contributed by atoms with E-state index >= 15 is 0 Å². The van der Waals surface area contributed by atoms with Gasteiger partial charge in [-0.15, -0.1) is 11.8 Å². The lowest BCUT2D eigenvalue weighted by molar-refractivity contribution is -0.123. The third-order valence-electron chi connectivity index (χ3n) is 5.30. The van der Waals surface area contributed by atoms with Gasteiger partial charge in [0.15, 0.2) is 0 Å². The lowest BCUT2D eigenvalue weighted by atomic mass is 9.70. The summed E-state index contributed by atoms with van der Waals surface area (Å²) in [5.74, 6) is 1.91. The Kier molecular flexibility index (Phi) is 7.63. The summed E-state index contributed by atoms with van der Waals surface area (Å²) < 4.78 is 0. The summed E-state index contributed by atoms with van der Waals surface area (Å²) in [7, 11) is 0. The number of benzene rings is 1. The molecule has 4 N–H and O–H groups in total. The Morgan fingerprint density at radius 3 is 2.72 bits per heavy atom. The number of carbonyl (C=O) groups is 1. The summed E-state index contributed by atoms with van der Waals surface area (Å²) in [5.41, 5.74) is 7.44. The minimum Gasteiger partial charge on any atom is -0.382 e. The first-order chi connectivity index (χ1) is 12.0. The Balaban J connectivity index is 2.17. The first-order valence-electron chi connectivity index (χ1n) is 9.39. The summed E-state index contributed by atoms with van der Waals surface area (Å²) in [6.07, 6.45) is 5.43. The van der Waals surface area contributed by atoms with E-state index in [-0.39, 0.29) is 11.8 Å². The first-order valence-corrected chi connectivity index (χ1v) is 10.6. The van der Waals surface area contributed by atoms with E-state index in [2.05, 4.69) is 49.8 Å². The quantitative estimate of drug-likeness (QED) is 0.627. The number of anilines is 2. The number of nitrogens with one attached hydrogen (secondary N) is 2. The molecule has 2 rings (SSSR count). The molecule has 0 bridgehead atoms. The molecule has 1 aliphatic carbocycles. The van der Waals surface area contributed by atoms with Crippen molar-refractivity contribution in [3.8, 4) is 0 Å². The molecule has 1 aliphatic rings. The monoisotopic (exact) mass is 363 g/mol. The smallest absolute Gasteiger partial charge is 0.227 e. The predicted molar refractivity (Wildman–Crippen MR) is 109 cm³/mol. The minimum atomic E-state index is 0.103. The Labute approximate surface area is 156 Å². The molecule has 0 heterocycles. The van der Waals surface area contributed by atoms with E-state index in [1.54, 1.807) is 11.8 Å². The van der Waals surface area contributed by atoms with Crippen molar-refractivity contribution in [2.75, 3.05) is 30.0 Å². The summed E-state index contributed by atoms with van der Waals surface area (Å²) in [6.45, 7) is 7.99. The molecule has 1 amide bonds. The molecule has 0 spiro atoms. The second-order valence-electron chi connectivity index (χ2n) is 7.55. The van der Waals surface area contributed by atoms with Crippen LogP contribution in [0.15, 0.2) is 23.1 Å². The molecule has 5 heteroatoms. The van der Waals surface area contributed by atoms with Gasteiger partial charge in [0.1, 0.15) is 0 Å². The first kappa shape index (κ1) is 20.1. The molecule has 0 aliphatic heterocycles. The SMILES string of the molecule is CSc1ccc(NC(=O)C2CC(C)CC[C@H]2C(C)C)c(NCCN)c1. The molecule has 1 fully saturated rings. The molecule has 0 saturated heterocycles. The van der Waals surface area contributed by atoms with Gasteiger partial charge in [-0.05, 0) is 55.1 Å². The molecule has 0 aromatic heterocycles. The van der Waals surface area contributed by atoms with Crippen LogP contribution >= 0.6 is 11.8 Å². The highest BCUT2D eigenvalue weighted by Crippen LogP contribution is 2.39. The fraction of sp³-hybridized carbons (Fsp3) is 0.650. The second kappa shape index (κ2) is 9.48. The van der Waals surface area contributed by atoms with Crippen LogP contribution in [0.4, 0.5) is 11.4 Å². The maximum absolute atomic E-state index is 13.0. The van der Waals surface area contributed by atoms with Gasteiger partial charge in [0, 0.05) is 23.9 Å². The normalized spacial score (nSPS) is 23.5. The maximum atomic E-state index is 13.0. The van der Waals surface area contributed by atoms with E-state index in [1.165, 1.54) is 11.3 Å². The molecule has 2 unspecified atom stereocenters. The van der Waals surface area contributed by atoms with Gasteiger partial charge in [-0.3, -0.25) is 4.79 Å². The topological polar surface area (TPSA) is 67.2 Å². The Bertz CT molecular complexity index is 576. The van der Waals surface area contributed by atoms with Gasteiger partial charge in [-0.2, -0.15) is 0 Å². The standard InChI is InChI=1S/C20H33N3OS/c1-13(2)16-7-5-14(3)11-17(16)20(24)23-18-8-6-15(25-4)12-19(18)22-10-9-21/h6,8,12-14,16-17,22H,5,7,9-11,21H2,1-4H3,(H,23,24)/t14?,16-,17?/m0/s1. The lowest BCUT2D eigenvalue weighted by Gasteiger charge is -2.36. The Morgan fingerprint density at radius 1 is 1.32 bits per heavy atom. The van der Waals surface area contributed by atoms with E-state index in [0.717, 1.165) is 24.2 Å². The third-order valence-corrected chi connectivity index (χ3v) is 6.03. The third kappa shape index (κ3) is 5.38. The van der Waals surface area contributed by atoms with E-state index in [1.807, 2.05) is 6.07 Å². The van der Waals surface area contributed by atoms with Crippen molar-refractivity contribution >= 4 is 29.0 Å². The zero-order chi connectivity index (χ0) is 18.4. The Hall–Kier alpha value is -1.20. The van der Waals surface area contributed by atoms with Gasteiger partial charge in [0.25, 0.3) is 0 Å². The van der Waals surface area contributed by atoms with E-state index in [4.69, 9.17) is 5.73 Å². The molecular weight excluding hydrogens is 330 g/mol. The molecule has 0 radical (unpaired) electrons. The average molecular weight is 364 g/mol. The fourth-order valence-corrected chi connectivity index (χ4v) is 4.28. The Morgan fingerprint density at radius 2 is 2.08 bits per heavy atom. The van der Waals surface area contributed by atoms with Crippen molar-refractivity contribution in [3.63, 3.8) is 0 Å². The average Bonchev–Trinajstić information content (AvgIpc) is 2.60. The van der Waals surface area contributed by atoms with Gasteiger partial charge < -0.3 is 16.4 Å². The maximum Gasteiger partial charge on any atom is 0.227 e. The zero-order valence-electron chi connectivity index (χ0n) is 16.0. The van der Waals surface area contributed by atoms with Gasteiger partial charge >= 0.3 is 0 Å². The van der Waals surface area contributed by atoms with Crippen LogP contribution in [-0.4, -0.2) is 25.3 Å². The van der Waals surface area contributed by atoms with Gasteiger partial charge in [-0.25, -0.2) is 0 Å². The van der Waals surface area contributed by atoms with Gasteiger partial charge in [0.2, 0.25) is 5.91 Å². The van der Waals surface area contributed by atoms with Crippen LogP contribution in [0.25, 0.3) is 0 Å². The van der Waals surface area contributed by atoms with Crippen LogP contribution < -0.4 is 16.4 Å². The lowest BCUT2D eigenvalue weighted by Crippen LogP contribution is -2.36. The van der Waals surface area contributed by atoms with Crippen molar-refractivity contribution in [1.82, 2.24) is 0 Å². The predicted octanol–water partition coefficient (Wildman–Crippen LogP) is 4.43. The van der Waals surface area contributed by atoms with Crippen molar-refractivity contribution in [1.29, 1.82) is 0 Å². The van der Waals surface area contributed by atoms with Crippen LogP contribution in [0, 0.1) is 23.7 Å². The summed E-state index contributed by atoms with van der Waals surface area (Å²) >= 11 is 1.69. The zero-order valence-corrected chi connectivity index (χ0v) is 16.8. The van der Waals surface area contributed by atoms with E-state index < -0.39 is 0 Å². The number of carbonyl (C=O) groups excluding carboxylic acids is 1. The van der Waals surface area contributed by atoms with Crippen molar-refractivity contribution in [2.24, 2.45) is 29.4 Å². The molecule has 1 saturated carbocycles.